The summed E-state index contributed by atoms with van der Waals surface area (Å²) in [6, 6.07) is 1.61. The number of hydrogen-bond donors (Lipinski definition) is 0. The molecule has 0 aliphatic rings. The molecule has 2 aromatic rings. The van der Waals surface area contributed by atoms with Gasteiger partial charge in [0.25, 0.3) is 5.56 Å². The Bertz CT molecular complexity index is 559. The highest BCUT2D eigenvalue weighted by Gasteiger charge is 2.10. The van der Waals surface area contributed by atoms with Crippen LogP contribution in [0.2, 0.25) is 0 Å². The highest BCUT2D eigenvalue weighted by molar-refractivity contribution is 7.15. The van der Waals surface area contributed by atoms with Gasteiger partial charge in [0.15, 0.2) is 4.96 Å². The Kier molecular flexibility index (Phi) is 3.30. The van der Waals surface area contributed by atoms with E-state index in [4.69, 9.17) is 11.6 Å². The van der Waals surface area contributed by atoms with Crippen LogP contribution in [0.4, 0.5) is 0 Å². The van der Waals surface area contributed by atoms with Crippen LogP contribution in [0.15, 0.2) is 16.2 Å². The first-order valence-corrected chi connectivity index (χ1v) is 6.61. The number of rotatable bonds is 3. The quantitative estimate of drug-likeness (QED) is 0.792. The average Bonchev–Trinajstić information content (AvgIpc) is 2.62. The Hall–Kier alpha value is -0.870. The van der Waals surface area contributed by atoms with Crippen LogP contribution >= 0.6 is 22.9 Å². The smallest absolute Gasteiger partial charge is 0.258 e. The lowest BCUT2D eigenvalue weighted by Gasteiger charge is -2.04. The molecule has 0 fully saturated rings. The van der Waals surface area contributed by atoms with Gasteiger partial charge in [-0.25, -0.2) is 4.98 Å². The number of hydrogen-bond acceptors (Lipinski definition) is 3. The number of thiazole rings is 1. The summed E-state index contributed by atoms with van der Waals surface area (Å²) in [6.07, 6.45) is 0.699. The van der Waals surface area contributed by atoms with E-state index in [0.29, 0.717) is 12.3 Å². The Morgan fingerprint density at radius 2 is 2.31 bits per heavy atom. The van der Waals surface area contributed by atoms with E-state index in [1.807, 2.05) is 19.2 Å². The van der Waals surface area contributed by atoms with E-state index in [1.54, 1.807) is 10.5 Å². The molecule has 3 nitrogen and oxygen atoms in total. The lowest BCUT2D eigenvalue weighted by Crippen LogP contribution is -2.16. The Morgan fingerprint density at radius 3 is 2.94 bits per heavy atom. The molecule has 0 aliphatic carbocycles. The van der Waals surface area contributed by atoms with Gasteiger partial charge in [-0.15, -0.1) is 22.9 Å². The number of aryl methyl sites for hydroxylation is 1. The molecule has 5 heteroatoms. The highest BCUT2D eigenvalue weighted by atomic mass is 35.5. The third kappa shape index (κ3) is 1.99. The van der Waals surface area contributed by atoms with Crippen LogP contribution in [-0.2, 0) is 6.42 Å². The van der Waals surface area contributed by atoms with Gasteiger partial charge in [0.05, 0.1) is 5.69 Å². The van der Waals surface area contributed by atoms with Gasteiger partial charge >= 0.3 is 0 Å². The van der Waals surface area contributed by atoms with Gasteiger partial charge in [0, 0.05) is 29.4 Å². The van der Waals surface area contributed by atoms with Crippen molar-refractivity contribution in [1.82, 2.24) is 9.38 Å². The Labute approximate surface area is 103 Å². The van der Waals surface area contributed by atoms with Crippen molar-refractivity contribution >= 4 is 27.9 Å². The van der Waals surface area contributed by atoms with Crippen molar-refractivity contribution < 1.29 is 0 Å². The summed E-state index contributed by atoms with van der Waals surface area (Å²) in [4.78, 5) is 17.2. The molecule has 0 aliphatic heterocycles. The second kappa shape index (κ2) is 4.55. The first-order valence-electron chi connectivity index (χ1n) is 5.19. The van der Waals surface area contributed by atoms with Gasteiger partial charge in [-0.1, -0.05) is 13.8 Å². The Balaban J connectivity index is 2.64. The highest BCUT2D eigenvalue weighted by Crippen LogP contribution is 2.16. The summed E-state index contributed by atoms with van der Waals surface area (Å²) in [5, 5.41) is 1.95. The number of alkyl halides is 1. The van der Waals surface area contributed by atoms with Crippen LogP contribution in [0, 0.1) is 0 Å². The fraction of sp³-hybridized carbons (Fsp3) is 0.455. The van der Waals surface area contributed by atoms with Crippen LogP contribution < -0.4 is 5.56 Å². The molecule has 16 heavy (non-hydrogen) atoms. The third-order valence-electron chi connectivity index (χ3n) is 2.44. The van der Waals surface area contributed by atoms with Gasteiger partial charge in [-0.05, 0) is 5.92 Å². The normalized spacial score (nSPS) is 11.5. The molecule has 86 valence electrons. The largest absolute Gasteiger partial charge is 0.269 e. The summed E-state index contributed by atoms with van der Waals surface area (Å²) in [6.45, 7) is 4.07. The summed E-state index contributed by atoms with van der Waals surface area (Å²) in [5.74, 6) is 0.792. The van der Waals surface area contributed by atoms with Crippen LogP contribution in [0.25, 0.3) is 4.96 Å². The standard InChI is InChI=1S/C11H13ClN2OS/c1-7(2)9-5-10(15)14-8(3-4-12)6-16-11(14)13-9/h5-7H,3-4H2,1-2H3. The maximum atomic E-state index is 11.9. The van der Waals surface area contributed by atoms with Gasteiger partial charge in [0.2, 0.25) is 0 Å². The zero-order valence-corrected chi connectivity index (χ0v) is 10.8. The second-order valence-corrected chi connectivity index (χ2v) is 5.17. The first-order chi connectivity index (χ1) is 7.63. The van der Waals surface area contributed by atoms with Crippen molar-refractivity contribution in [2.24, 2.45) is 0 Å². The molecule has 0 atom stereocenters. The lowest BCUT2D eigenvalue weighted by atomic mass is 10.1. The minimum atomic E-state index is -0.00457. The van der Waals surface area contributed by atoms with Crippen molar-refractivity contribution in [2.45, 2.75) is 26.2 Å². The molecule has 0 N–H and O–H groups in total. The molecule has 0 aromatic carbocycles. The van der Waals surface area contributed by atoms with E-state index in [9.17, 15) is 4.79 Å². The Morgan fingerprint density at radius 1 is 1.56 bits per heavy atom. The number of nitrogens with zero attached hydrogens (tertiary/aromatic N) is 2. The molecular weight excluding hydrogens is 244 g/mol. The number of halogens is 1. The van der Waals surface area contributed by atoms with Crippen LogP contribution in [0.3, 0.4) is 0 Å². The SMILES string of the molecule is CC(C)c1cc(=O)n2c(CCCl)csc2n1. The molecule has 2 rings (SSSR count). The number of aromatic nitrogens is 2. The second-order valence-electron chi connectivity index (χ2n) is 3.96. The van der Waals surface area contributed by atoms with Gasteiger partial charge in [-0.2, -0.15) is 0 Å². The van der Waals surface area contributed by atoms with E-state index in [1.165, 1.54) is 11.3 Å². The minimum Gasteiger partial charge on any atom is -0.269 e. The van der Waals surface area contributed by atoms with E-state index >= 15 is 0 Å². The summed E-state index contributed by atoms with van der Waals surface area (Å²) in [7, 11) is 0. The summed E-state index contributed by atoms with van der Waals surface area (Å²) >= 11 is 7.19. The van der Waals surface area contributed by atoms with Crippen LogP contribution in [-0.4, -0.2) is 15.3 Å². The fourth-order valence-electron chi connectivity index (χ4n) is 1.56. The van der Waals surface area contributed by atoms with E-state index in [2.05, 4.69) is 4.98 Å². The van der Waals surface area contributed by atoms with Crippen molar-refractivity contribution in [3.63, 3.8) is 0 Å². The zero-order valence-electron chi connectivity index (χ0n) is 9.24. The molecule has 0 radical (unpaired) electrons. The molecular formula is C11H13ClN2OS. The molecule has 0 saturated carbocycles. The topological polar surface area (TPSA) is 34.4 Å². The monoisotopic (exact) mass is 256 g/mol. The molecule has 0 unspecified atom stereocenters. The molecule has 2 heterocycles. The maximum absolute atomic E-state index is 11.9. The summed E-state index contributed by atoms with van der Waals surface area (Å²) in [5.41, 5.74) is 1.79. The van der Waals surface area contributed by atoms with Crippen molar-refractivity contribution in [3.8, 4) is 0 Å². The molecule has 0 spiro atoms. The first kappa shape index (κ1) is 11.6. The third-order valence-corrected chi connectivity index (χ3v) is 3.50. The van der Waals surface area contributed by atoms with E-state index in [-0.39, 0.29) is 11.5 Å². The lowest BCUT2D eigenvalue weighted by molar-refractivity contribution is 0.810. The van der Waals surface area contributed by atoms with Crippen LogP contribution in [0.5, 0.6) is 0 Å². The molecule has 0 bridgehead atoms. The summed E-state index contributed by atoms with van der Waals surface area (Å²) < 4.78 is 1.65. The van der Waals surface area contributed by atoms with Crippen molar-refractivity contribution in [2.75, 3.05) is 5.88 Å². The fourth-order valence-corrected chi connectivity index (χ4v) is 2.69. The average molecular weight is 257 g/mol. The van der Waals surface area contributed by atoms with Crippen molar-refractivity contribution in [1.29, 1.82) is 0 Å². The van der Waals surface area contributed by atoms with Crippen LogP contribution in [0.1, 0.15) is 31.2 Å². The van der Waals surface area contributed by atoms with E-state index in [0.717, 1.165) is 16.3 Å². The molecule has 0 saturated heterocycles. The van der Waals surface area contributed by atoms with Gasteiger partial charge in [0.1, 0.15) is 0 Å². The van der Waals surface area contributed by atoms with Crippen molar-refractivity contribution in [3.05, 3.63) is 33.2 Å². The molecule has 0 amide bonds. The minimum absolute atomic E-state index is 0.00457. The molecule has 2 aromatic heterocycles. The van der Waals surface area contributed by atoms with Gasteiger partial charge < -0.3 is 0 Å². The predicted molar refractivity (Wildman–Crippen MR) is 67.9 cm³/mol. The number of fused-ring (bicyclic) bond motifs is 1. The predicted octanol–water partition coefficient (Wildman–Crippen LogP) is 2.66. The van der Waals surface area contributed by atoms with E-state index < -0.39 is 0 Å². The maximum Gasteiger partial charge on any atom is 0.258 e. The van der Waals surface area contributed by atoms with Gasteiger partial charge in [-0.3, -0.25) is 9.20 Å². The zero-order chi connectivity index (χ0) is 11.7.